The molecule has 3 aromatic carbocycles. The molecule has 5 rings (SSSR count). The van der Waals surface area contributed by atoms with Crippen molar-refractivity contribution in [2.24, 2.45) is 0 Å². The van der Waals surface area contributed by atoms with E-state index >= 15 is 0 Å². The molecule has 0 spiro atoms. The Labute approximate surface area is 181 Å². The monoisotopic (exact) mass is 429 g/mol. The van der Waals surface area contributed by atoms with Gasteiger partial charge in [-0.2, -0.15) is 0 Å². The molecule has 0 fully saturated rings. The number of Topliss-reactive ketones (excluding diaryl/α,β-unsaturated/α-hetero) is 1. The standard InChI is InChI=1S/C25H16FNO5/c26-16-8-10-17(11-9-16)27-22(15-5-3-6-18(28)12-15)21(24(30)25(27)31)23(29)20-13-14-4-1-2-7-19(14)32-20/h1-13,22,28,30H. The maximum atomic E-state index is 13.5. The summed E-state index contributed by atoms with van der Waals surface area (Å²) in [5.41, 5.74) is 0.975. The van der Waals surface area contributed by atoms with Gasteiger partial charge < -0.3 is 14.6 Å². The fourth-order valence-electron chi connectivity index (χ4n) is 3.94. The molecule has 0 radical (unpaired) electrons. The Morgan fingerprint density at radius 1 is 0.938 bits per heavy atom. The second-order valence-electron chi connectivity index (χ2n) is 7.39. The zero-order valence-corrected chi connectivity index (χ0v) is 16.5. The zero-order chi connectivity index (χ0) is 22.4. The van der Waals surface area contributed by atoms with Crippen LogP contribution in [-0.2, 0) is 4.79 Å². The third-order valence-electron chi connectivity index (χ3n) is 5.39. The van der Waals surface area contributed by atoms with E-state index in [1.807, 2.05) is 0 Å². The molecule has 32 heavy (non-hydrogen) atoms. The summed E-state index contributed by atoms with van der Waals surface area (Å²) in [6, 6.07) is 18.7. The van der Waals surface area contributed by atoms with Gasteiger partial charge in [-0.25, -0.2) is 4.39 Å². The highest BCUT2D eigenvalue weighted by atomic mass is 19.1. The Hall–Kier alpha value is -4.39. The number of hydrogen-bond donors (Lipinski definition) is 2. The number of phenolic OH excluding ortho intramolecular Hbond substituents is 1. The molecule has 0 saturated heterocycles. The first-order valence-electron chi connectivity index (χ1n) is 9.78. The van der Waals surface area contributed by atoms with Crippen LogP contribution in [0.3, 0.4) is 0 Å². The minimum atomic E-state index is -1.05. The van der Waals surface area contributed by atoms with Crippen LogP contribution in [0.1, 0.15) is 22.2 Å². The lowest BCUT2D eigenvalue weighted by Gasteiger charge is -2.26. The predicted molar refractivity (Wildman–Crippen MR) is 115 cm³/mol. The molecule has 1 atom stereocenters. The van der Waals surface area contributed by atoms with Crippen LogP contribution < -0.4 is 4.90 Å². The SMILES string of the molecule is O=C(C1=C(O)C(=O)N(c2ccc(F)cc2)C1c1cccc(O)c1)c1cc2ccccc2o1. The van der Waals surface area contributed by atoms with Crippen LogP contribution in [0.25, 0.3) is 11.0 Å². The number of phenols is 1. The zero-order valence-electron chi connectivity index (χ0n) is 16.5. The van der Waals surface area contributed by atoms with E-state index in [0.717, 1.165) is 0 Å². The van der Waals surface area contributed by atoms with Crippen molar-refractivity contribution in [3.05, 3.63) is 107 Å². The van der Waals surface area contributed by atoms with E-state index in [9.17, 15) is 24.2 Å². The number of benzene rings is 3. The molecule has 4 aromatic rings. The molecule has 0 saturated carbocycles. The predicted octanol–water partition coefficient (Wildman–Crippen LogP) is 5.06. The number of aromatic hydroxyl groups is 1. The quantitative estimate of drug-likeness (QED) is 0.443. The lowest BCUT2D eigenvalue weighted by atomic mass is 9.94. The number of hydrogen-bond acceptors (Lipinski definition) is 5. The molecule has 158 valence electrons. The largest absolute Gasteiger partial charge is 0.508 e. The Balaban J connectivity index is 1.67. The summed E-state index contributed by atoms with van der Waals surface area (Å²) < 4.78 is 19.2. The van der Waals surface area contributed by atoms with Gasteiger partial charge >= 0.3 is 0 Å². The number of nitrogens with zero attached hydrogens (tertiary/aromatic N) is 1. The molecule has 1 unspecified atom stereocenters. The first-order chi connectivity index (χ1) is 15.4. The van der Waals surface area contributed by atoms with Crippen LogP contribution in [0, 0.1) is 5.82 Å². The molecule has 1 amide bonds. The maximum Gasteiger partial charge on any atom is 0.294 e. The number of rotatable bonds is 4. The summed E-state index contributed by atoms with van der Waals surface area (Å²) in [6.45, 7) is 0. The highest BCUT2D eigenvalue weighted by Gasteiger charge is 2.45. The summed E-state index contributed by atoms with van der Waals surface area (Å²) in [7, 11) is 0. The van der Waals surface area contributed by atoms with Gasteiger partial charge in [-0.15, -0.1) is 0 Å². The van der Waals surface area contributed by atoms with Gasteiger partial charge in [0.05, 0.1) is 11.6 Å². The lowest BCUT2D eigenvalue weighted by molar-refractivity contribution is -0.117. The fraction of sp³-hybridized carbons (Fsp3) is 0.0400. The average molecular weight is 429 g/mol. The topological polar surface area (TPSA) is 91.0 Å². The Morgan fingerprint density at radius 3 is 2.41 bits per heavy atom. The summed E-state index contributed by atoms with van der Waals surface area (Å²) >= 11 is 0. The van der Waals surface area contributed by atoms with Gasteiger partial charge in [-0.3, -0.25) is 14.5 Å². The molecule has 1 aliphatic heterocycles. The van der Waals surface area contributed by atoms with E-state index in [0.29, 0.717) is 16.5 Å². The summed E-state index contributed by atoms with van der Waals surface area (Å²) in [4.78, 5) is 27.7. The van der Waals surface area contributed by atoms with Crippen LogP contribution in [0.5, 0.6) is 5.75 Å². The van der Waals surface area contributed by atoms with Crippen LogP contribution in [0.15, 0.2) is 94.6 Å². The first-order valence-corrected chi connectivity index (χ1v) is 9.78. The number of ketones is 1. The summed E-state index contributed by atoms with van der Waals surface area (Å²) in [5.74, 6) is -2.81. The van der Waals surface area contributed by atoms with Crippen LogP contribution in [0.4, 0.5) is 10.1 Å². The second-order valence-corrected chi connectivity index (χ2v) is 7.39. The molecule has 2 N–H and O–H groups in total. The molecular formula is C25H16FNO5. The number of aliphatic hydroxyl groups is 1. The van der Waals surface area contributed by atoms with Gasteiger partial charge in [0.25, 0.3) is 5.91 Å². The number of anilines is 1. The highest BCUT2D eigenvalue weighted by Crippen LogP contribution is 2.42. The van der Waals surface area contributed by atoms with E-state index in [1.54, 1.807) is 42.5 Å². The Morgan fingerprint density at radius 2 is 1.69 bits per heavy atom. The molecule has 1 aliphatic rings. The number of aliphatic hydroxyl groups excluding tert-OH is 1. The van der Waals surface area contributed by atoms with Crippen molar-refractivity contribution >= 4 is 28.3 Å². The second kappa shape index (κ2) is 7.39. The van der Waals surface area contributed by atoms with Gasteiger partial charge in [0.1, 0.15) is 17.1 Å². The van der Waals surface area contributed by atoms with E-state index in [-0.39, 0.29) is 22.8 Å². The average Bonchev–Trinajstić information content (AvgIpc) is 3.33. The van der Waals surface area contributed by atoms with Gasteiger partial charge in [-0.05, 0) is 54.1 Å². The van der Waals surface area contributed by atoms with Gasteiger partial charge in [0.15, 0.2) is 11.5 Å². The highest BCUT2D eigenvalue weighted by molar-refractivity contribution is 6.20. The number of furan rings is 1. The minimum Gasteiger partial charge on any atom is -0.508 e. The molecule has 0 bridgehead atoms. The third kappa shape index (κ3) is 3.11. The molecule has 1 aromatic heterocycles. The van der Waals surface area contributed by atoms with E-state index < -0.39 is 29.3 Å². The molecule has 0 aliphatic carbocycles. The van der Waals surface area contributed by atoms with Gasteiger partial charge in [0.2, 0.25) is 5.78 Å². The van der Waals surface area contributed by atoms with Crippen molar-refractivity contribution in [3.8, 4) is 5.75 Å². The van der Waals surface area contributed by atoms with Crippen molar-refractivity contribution in [2.45, 2.75) is 6.04 Å². The van der Waals surface area contributed by atoms with E-state index in [2.05, 4.69) is 0 Å². The number of carbonyl (C=O) groups is 2. The van der Waals surface area contributed by atoms with Crippen molar-refractivity contribution in [2.75, 3.05) is 4.90 Å². The van der Waals surface area contributed by atoms with E-state index in [1.165, 1.54) is 41.3 Å². The van der Waals surface area contributed by atoms with Gasteiger partial charge in [0, 0.05) is 11.1 Å². The Bertz CT molecular complexity index is 1370. The van der Waals surface area contributed by atoms with Crippen LogP contribution in [0.2, 0.25) is 0 Å². The fourth-order valence-corrected chi connectivity index (χ4v) is 3.94. The van der Waals surface area contributed by atoms with Crippen molar-refractivity contribution in [3.63, 3.8) is 0 Å². The van der Waals surface area contributed by atoms with Crippen LogP contribution in [-0.4, -0.2) is 21.9 Å². The summed E-state index contributed by atoms with van der Waals surface area (Å²) in [6.07, 6.45) is 0. The smallest absolute Gasteiger partial charge is 0.294 e. The number of fused-ring (bicyclic) bond motifs is 1. The van der Waals surface area contributed by atoms with Crippen molar-refractivity contribution < 1.29 is 28.6 Å². The maximum absolute atomic E-state index is 13.5. The molecule has 2 heterocycles. The third-order valence-corrected chi connectivity index (χ3v) is 5.39. The van der Waals surface area contributed by atoms with E-state index in [4.69, 9.17) is 4.42 Å². The molecule has 7 heteroatoms. The van der Waals surface area contributed by atoms with Crippen molar-refractivity contribution in [1.82, 2.24) is 0 Å². The Kier molecular flexibility index (Phi) is 4.52. The number of amides is 1. The molecule has 6 nitrogen and oxygen atoms in total. The molecular weight excluding hydrogens is 413 g/mol. The van der Waals surface area contributed by atoms with Crippen molar-refractivity contribution in [1.29, 1.82) is 0 Å². The van der Waals surface area contributed by atoms with Gasteiger partial charge in [-0.1, -0.05) is 30.3 Å². The first kappa shape index (κ1) is 19.6. The lowest BCUT2D eigenvalue weighted by Crippen LogP contribution is -2.31. The normalized spacial score (nSPS) is 16.2. The summed E-state index contributed by atoms with van der Waals surface area (Å²) in [5, 5.41) is 21.4. The number of halogens is 1. The minimum absolute atomic E-state index is 0.0355. The number of para-hydroxylation sites is 1. The van der Waals surface area contributed by atoms with Crippen LogP contribution >= 0.6 is 0 Å². The number of carbonyl (C=O) groups excluding carboxylic acids is 2.